The molecule has 3 aromatic rings. The van der Waals surface area contributed by atoms with Crippen LogP contribution < -0.4 is 19.7 Å². The molecule has 0 spiro atoms. The second kappa shape index (κ2) is 11.8. The summed E-state index contributed by atoms with van der Waals surface area (Å²) in [6, 6.07) is 19.3. The zero-order valence-electron chi connectivity index (χ0n) is 19.0. The van der Waals surface area contributed by atoms with Crippen molar-refractivity contribution in [3.05, 3.63) is 87.2 Å². The molecule has 36 heavy (non-hydrogen) atoms. The molecule has 0 radical (unpaired) electrons. The first kappa shape index (κ1) is 26.0. The molecular weight excluding hydrogens is 539 g/mol. The van der Waals surface area contributed by atoms with E-state index < -0.39 is 5.91 Å². The minimum Gasteiger partial charge on any atom is -0.490 e. The van der Waals surface area contributed by atoms with Crippen molar-refractivity contribution in [3.63, 3.8) is 0 Å². The standard InChI is InChI=1S/C26H20Cl2N2O4S2/c1-2-33-22-12-16(13-23-25(32)30(26(35)36-23)18-6-4-3-5-7-18)8-11-21(22)34-15-24(31)29-20-10-9-17(27)14-19(20)28/h3-14H,2,15H2,1H3,(H,29,31)/b23-13-. The van der Waals surface area contributed by atoms with Crippen molar-refractivity contribution in [2.45, 2.75) is 6.92 Å². The second-order valence-corrected chi connectivity index (χ2v) is 9.97. The van der Waals surface area contributed by atoms with Gasteiger partial charge in [-0.25, -0.2) is 0 Å². The molecule has 2 amide bonds. The first-order chi connectivity index (χ1) is 17.4. The lowest BCUT2D eigenvalue weighted by Gasteiger charge is -2.14. The topological polar surface area (TPSA) is 67.9 Å². The number of ether oxygens (including phenoxy) is 2. The van der Waals surface area contributed by atoms with E-state index in [1.807, 2.05) is 37.3 Å². The molecule has 1 fully saturated rings. The molecule has 1 aliphatic rings. The molecule has 184 valence electrons. The molecule has 0 unspecified atom stereocenters. The average molecular weight is 559 g/mol. The first-order valence-corrected chi connectivity index (χ1v) is 12.8. The predicted octanol–water partition coefficient (Wildman–Crippen LogP) is 6.82. The molecule has 1 heterocycles. The summed E-state index contributed by atoms with van der Waals surface area (Å²) in [5.74, 6) is 0.257. The number of thioether (sulfide) groups is 1. The molecule has 1 saturated heterocycles. The molecule has 1 N–H and O–H groups in total. The number of nitrogens with one attached hydrogen (secondary N) is 1. The number of thiocarbonyl (C=S) groups is 1. The fourth-order valence-electron chi connectivity index (χ4n) is 3.34. The number of rotatable bonds is 8. The van der Waals surface area contributed by atoms with Gasteiger partial charge in [0.05, 0.1) is 27.9 Å². The third-order valence-electron chi connectivity index (χ3n) is 4.94. The quantitative estimate of drug-likeness (QED) is 0.242. The van der Waals surface area contributed by atoms with Crippen molar-refractivity contribution in [3.8, 4) is 11.5 Å². The van der Waals surface area contributed by atoms with Gasteiger partial charge < -0.3 is 14.8 Å². The second-order valence-electron chi connectivity index (χ2n) is 7.45. The van der Waals surface area contributed by atoms with Crippen LogP contribution in [0.4, 0.5) is 11.4 Å². The lowest BCUT2D eigenvalue weighted by atomic mass is 10.1. The van der Waals surface area contributed by atoms with E-state index in [1.54, 1.807) is 42.5 Å². The van der Waals surface area contributed by atoms with Gasteiger partial charge in [0.1, 0.15) is 0 Å². The van der Waals surface area contributed by atoms with Crippen molar-refractivity contribution in [2.75, 3.05) is 23.4 Å². The summed E-state index contributed by atoms with van der Waals surface area (Å²) in [4.78, 5) is 27.4. The summed E-state index contributed by atoms with van der Waals surface area (Å²) in [6.45, 7) is 1.98. The van der Waals surface area contributed by atoms with Gasteiger partial charge in [-0.3, -0.25) is 14.5 Å². The van der Waals surface area contributed by atoms with Crippen molar-refractivity contribution < 1.29 is 19.1 Å². The highest BCUT2D eigenvalue weighted by molar-refractivity contribution is 8.27. The number of benzene rings is 3. The molecular formula is C26H20Cl2N2O4S2. The van der Waals surface area contributed by atoms with Crippen molar-refractivity contribution >= 4 is 80.8 Å². The normalized spacial score (nSPS) is 14.3. The lowest BCUT2D eigenvalue weighted by molar-refractivity contribution is -0.118. The zero-order chi connectivity index (χ0) is 25.7. The minimum absolute atomic E-state index is 0.188. The number of carbonyl (C=O) groups excluding carboxylic acids is 2. The number of hydrogen-bond donors (Lipinski definition) is 1. The van der Waals surface area contributed by atoms with Crippen LogP contribution >= 0.6 is 47.2 Å². The van der Waals surface area contributed by atoms with Gasteiger partial charge in [0.25, 0.3) is 11.8 Å². The van der Waals surface area contributed by atoms with Crippen molar-refractivity contribution in [1.82, 2.24) is 0 Å². The molecule has 6 nitrogen and oxygen atoms in total. The minimum atomic E-state index is -0.393. The summed E-state index contributed by atoms with van der Waals surface area (Å²) in [6.07, 6.45) is 1.75. The van der Waals surface area contributed by atoms with E-state index >= 15 is 0 Å². The van der Waals surface area contributed by atoms with Crippen LogP contribution in [0.2, 0.25) is 10.0 Å². The maximum absolute atomic E-state index is 13.0. The Balaban J connectivity index is 1.47. The highest BCUT2D eigenvalue weighted by Crippen LogP contribution is 2.37. The van der Waals surface area contributed by atoms with Gasteiger partial charge in [-0.1, -0.05) is 71.4 Å². The predicted molar refractivity (Wildman–Crippen MR) is 150 cm³/mol. The van der Waals surface area contributed by atoms with Crippen LogP contribution in [0.1, 0.15) is 12.5 Å². The Hall–Kier alpha value is -3.04. The number of hydrogen-bond acceptors (Lipinski definition) is 6. The molecule has 0 aromatic heterocycles. The Bertz CT molecular complexity index is 1350. The molecule has 4 rings (SSSR count). The Morgan fingerprint density at radius 2 is 1.83 bits per heavy atom. The van der Waals surface area contributed by atoms with E-state index in [4.69, 9.17) is 44.9 Å². The number of carbonyl (C=O) groups is 2. The third kappa shape index (κ3) is 6.20. The van der Waals surface area contributed by atoms with Crippen LogP contribution in [0.15, 0.2) is 71.6 Å². The molecule has 0 saturated carbocycles. The molecule has 3 aromatic carbocycles. The van der Waals surface area contributed by atoms with E-state index in [0.717, 1.165) is 11.3 Å². The Morgan fingerprint density at radius 3 is 2.56 bits per heavy atom. The number of halogens is 2. The highest BCUT2D eigenvalue weighted by atomic mass is 35.5. The molecule has 1 aliphatic heterocycles. The van der Waals surface area contributed by atoms with Crippen LogP contribution in [0.5, 0.6) is 11.5 Å². The van der Waals surface area contributed by atoms with Gasteiger partial charge in [0.2, 0.25) is 0 Å². The lowest BCUT2D eigenvalue weighted by Crippen LogP contribution is -2.27. The number of para-hydroxylation sites is 1. The van der Waals surface area contributed by atoms with Gasteiger partial charge in [-0.05, 0) is 61.0 Å². The van der Waals surface area contributed by atoms with Crippen LogP contribution in [0, 0.1) is 0 Å². The van der Waals surface area contributed by atoms with Gasteiger partial charge >= 0.3 is 0 Å². The fraction of sp³-hybridized carbons (Fsp3) is 0.115. The van der Waals surface area contributed by atoms with Crippen LogP contribution in [-0.2, 0) is 9.59 Å². The summed E-state index contributed by atoms with van der Waals surface area (Å²) >= 11 is 18.7. The van der Waals surface area contributed by atoms with Crippen LogP contribution in [0.25, 0.3) is 6.08 Å². The number of nitrogens with zero attached hydrogens (tertiary/aromatic N) is 1. The number of amides is 2. The number of anilines is 2. The SMILES string of the molecule is CCOc1cc(/C=C2\SC(=S)N(c3ccccc3)C2=O)ccc1OCC(=O)Nc1ccc(Cl)cc1Cl. The van der Waals surface area contributed by atoms with Crippen molar-refractivity contribution in [2.24, 2.45) is 0 Å². The first-order valence-electron chi connectivity index (χ1n) is 10.8. The summed E-state index contributed by atoms with van der Waals surface area (Å²) in [5.41, 5.74) is 1.89. The van der Waals surface area contributed by atoms with E-state index in [2.05, 4.69) is 5.32 Å². The Kier molecular flexibility index (Phi) is 8.53. The zero-order valence-corrected chi connectivity index (χ0v) is 22.1. The Labute approximate surface area is 228 Å². The maximum atomic E-state index is 13.0. The van der Waals surface area contributed by atoms with Gasteiger partial charge in [-0.2, -0.15) is 0 Å². The summed E-state index contributed by atoms with van der Waals surface area (Å²) in [5, 5.41) is 3.48. The van der Waals surface area contributed by atoms with Gasteiger partial charge in [0, 0.05) is 5.02 Å². The molecule has 0 bridgehead atoms. The highest BCUT2D eigenvalue weighted by Gasteiger charge is 2.33. The summed E-state index contributed by atoms with van der Waals surface area (Å²) < 4.78 is 11.9. The van der Waals surface area contributed by atoms with E-state index in [0.29, 0.717) is 43.1 Å². The van der Waals surface area contributed by atoms with Crippen LogP contribution in [-0.4, -0.2) is 29.3 Å². The van der Waals surface area contributed by atoms with Gasteiger partial charge in [0.15, 0.2) is 22.4 Å². The average Bonchev–Trinajstić information content (AvgIpc) is 3.13. The van der Waals surface area contributed by atoms with E-state index in [9.17, 15) is 9.59 Å². The maximum Gasteiger partial charge on any atom is 0.270 e. The Morgan fingerprint density at radius 1 is 1.06 bits per heavy atom. The van der Waals surface area contributed by atoms with E-state index in [-0.39, 0.29) is 12.5 Å². The van der Waals surface area contributed by atoms with E-state index in [1.165, 1.54) is 16.7 Å². The molecule has 10 heteroatoms. The largest absolute Gasteiger partial charge is 0.490 e. The van der Waals surface area contributed by atoms with Crippen LogP contribution in [0.3, 0.4) is 0 Å². The molecule has 0 atom stereocenters. The monoisotopic (exact) mass is 558 g/mol. The fourth-order valence-corrected chi connectivity index (χ4v) is 5.10. The smallest absolute Gasteiger partial charge is 0.270 e. The summed E-state index contributed by atoms with van der Waals surface area (Å²) in [7, 11) is 0. The third-order valence-corrected chi connectivity index (χ3v) is 6.79. The van der Waals surface area contributed by atoms with Crippen molar-refractivity contribution in [1.29, 1.82) is 0 Å². The van der Waals surface area contributed by atoms with Gasteiger partial charge in [-0.15, -0.1) is 0 Å². The molecule has 0 aliphatic carbocycles.